The quantitative estimate of drug-likeness (QED) is 0.635. The highest BCUT2D eigenvalue weighted by molar-refractivity contribution is 5.73. The molecular formula is C14H12O3. The monoisotopic (exact) mass is 228 g/mol. The van der Waals surface area contributed by atoms with Crippen molar-refractivity contribution in [3.63, 3.8) is 0 Å². The molecule has 0 saturated carbocycles. The van der Waals surface area contributed by atoms with Crippen LogP contribution in [-0.2, 0) is 4.79 Å². The van der Waals surface area contributed by atoms with E-state index in [9.17, 15) is 9.90 Å². The lowest BCUT2D eigenvalue weighted by atomic mass is 10.0. The lowest BCUT2D eigenvalue weighted by Gasteiger charge is -2.06. The first-order valence-electron chi connectivity index (χ1n) is 5.23. The predicted molar refractivity (Wildman–Crippen MR) is 64.9 cm³/mol. The number of phenols is 1. The number of carbonyl (C=O) groups is 1. The van der Waals surface area contributed by atoms with Crippen molar-refractivity contribution in [2.75, 3.05) is 0 Å². The molecule has 0 aliphatic rings. The molecule has 0 aliphatic carbocycles. The summed E-state index contributed by atoms with van der Waals surface area (Å²) in [5.41, 5.74) is 1.52. The number of hydrogen-bond donors (Lipinski definition) is 1. The van der Waals surface area contributed by atoms with Crippen LogP contribution in [0.1, 0.15) is 6.92 Å². The molecule has 0 bridgehead atoms. The van der Waals surface area contributed by atoms with Gasteiger partial charge in [-0.3, -0.25) is 4.79 Å². The first-order chi connectivity index (χ1) is 8.16. The van der Waals surface area contributed by atoms with Crippen molar-refractivity contribution in [3.05, 3.63) is 48.5 Å². The van der Waals surface area contributed by atoms with E-state index in [1.807, 2.05) is 18.2 Å². The highest BCUT2D eigenvalue weighted by atomic mass is 16.5. The van der Waals surface area contributed by atoms with Crippen molar-refractivity contribution in [3.8, 4) is 22.6 Å². The Labute approximate surface area is 99.3 Å². The van der Waals surface area contributed by atoms with Crippen LogP contribution in [0.2, 0.25) is 0 Å². The molecule has 2 rings (SSSR count). The van der Waals surface area contributed by atoms with E-state index in [1.165, 1.54) is 6.92 Å². The van der Waals surface area contributed by atoms with Gasteiger partial charge in [0.2, 0.25) is 0 Å². The molecule has 0 unspecified atom stereocenters. The van der Waals surface area contributed by atoms with E-state index in [4.69, 9.17) is 4.74 Å². The van der Waals surface area contributed by atoms with E-state index < -0.39 is 0 Å². The number of para-hydroxylation sites is 1. The number of hydrogen-bond acceptors (Lipinski definition) is 3. The first-order valence-corrected chi connectivity index (χ1v) is 5.23. The molecule has 3 nitrogen and oxygen atoms in total. The second-order valence-corrected chi connectivity index (χ2v) is 3.64. The second-order valence-electron chi connectivity index (χ2n) is 3.64. The summed E-state index contributed by atoms with van der Waals surface area (Å²) in [5.74, 6) is 0.310. The summed E-state index contributed by atoms with van der Waals surface area (Å²) in [4.78, 5) is 10.9. The van der Waals surface area contributed by atoms with Crippen molar-refractivity contribution in [2.24, 2.45) is 0 Å². The Morgan fingerprint density at radius 2 is 1.88 bits per heavy atom. The van der Waals surface area contributed by atoms with Gasteiger partial charge in [0.15, 0.2) is 0 Å². The van der Waals surface area contributed by atoms with Crippen molar-refractivity contribution in [1.82, 2.24) is 0 Å². The average molecular weight is 228 g/mol. The predicted octanol–water partition coefficient (Wildman–Crippen LogP) is 2.98. The summed E-state index contributed by atoms with van der Waals surface area (Å²) >= 11 is 0. The minimum Gasteiger partial charge on any atom is -0.507 e. The topological polar surface area (TPSA) is 46.5 Å². The molecule has 0 atom stereocenters. The van der Waals surface area contributed by atoms with Crippen molar-refractivity contribution >= 4 is 5.97 Å². The maximum atomic E-state index is 10.9. The van der Waals surface area contributed by atoms with Crippen LogP contribution in [0.25, 0.3) is 11.1 Å². The van der Waals surface area contributed by atoms with Crippen molar-refractivity contribution in [2.45, 2.75) is 6.92 Å². The van der Waals surface area contributed by atoms with Crippen LogP contribution >= 0.6 is 0 Å². The zero-order valence-electron chi connectivity index (χ0n) is 9.38. The number of rotatable bonds is 2. The van der Waals surface area contributed by atoms with Gasteiger partial charge in [-0.05, 0) is 23.8 Å². The Morgan fingerprint density at radius 3 is 2.59 bits per heavy atom. The van der Waals surface area contributed by atoms with Gasteiger partial charge >= 0.3 is 5.97 Å². The van der Waals surface area contributed by atoms with Crippen molar-refractivity contribution in [1.29, 1.82) is 0 Å². The van der Waals surface area contributed by atoms with Crippen LogP contribution in [0.4, 0.5) is 0 Å². The van der Waals surface area contributed by atoms with E-state index in [0.29, 0.717) is 11.3 Å². The van der Waals surface area contributed by atoms with Gasteiger partial charge in [-0.2, -0.15) is 0 Å². The van der Waals surface area contributed by atoms with Crippen LogP contribution in [-0.4, -0.2) is 11.1 Å². The third-order valence-corrected chi connectivity index (χ3v) is 2.31. The number of benzene rings is 2. The lowest BCUT2D eigenvalue weighted by Crippen LogP contribution is -2.01. The fourth-order valence-electron chi connectivity index (χ4n) is 1.61. The molecule has 17 heavy (non-hydrogen) atoms. The molecule has 0 radical (unpaired) electrons. The fourth-order valence-corrected chi connectivity index (χ4v) is 1.61. The maximum Gasteiger partial charge on any atom is 0.308 e. The first kappa shape index (κ1) is 11.2. The summed E-state index contributed by atoms with van der Waals surface area (Å²) < 4.78 is 5.00. The highest BCUT2D eigenvalue weighted by Gasteiger charge is 2.05. The van der Waals surface area contributed by atoms with Gasteiger partial charge in [-0.1, -0.05) is 30.3 Å². The lowest BCUT2D eigenvalue weighted by molar-refractivity contribution is -0.131. The molecule has 86 valence electrons. The van der Waals surface area contributed by atoms with Gasteiger partial charge in [0.1, 0.15) is 11.5 Å². The minimum absolute atomic E-state index is 0.201. The Hall–Kier alpha value is -2.29. The zero-order valence-corrected chi connectivity index (χ0v) is 9.38. The molecule has 0 saturated heterocycles. The van der Waals surface area contributed by atoms with E-state index >= 15 is 0 Å². The third kappa shape index (κ3) is 2.64. The number of ether oxygens (including phenoxy) is 1. The summed E-state index contributed by atoms with van der Waals surface area (Å²) in [6.07, 6.45) is 0. The number of aromatic hydroxyl groups is 1. The van der Waals surface area contributed by atoms with Gasteiger partial charge in [0.25, 0.3) is 0 Å². The van der Waals surface area contributed by atoms with Crippen LogP contribution in [0, 0.1) is 0 Å². The number of carbonyl (C=O) groups excluding carboxylic acids is 1. The van der Waals surface area contributed by atoms with Crippen LogP contribution < -0.4 is 4.74 Å². The van der Waals surface area contributed by atoms with Gasteiger partial charge < -0.3 is 9.84 Å². The largest absolute Gasteiger partial charge is 0.507 e. The van der Waals surface area contributed by atoms with Crippen LogP contribution in [0.15, 0.2) is 48.5 Å². The molecule has 1 N–H and O–H groups in total. The standard InChI is InChI=1S/C14H12O3/c1-10(15)17-12-6-4-5-11(9-12)13-7-2-3-8-14(13)16/h2-9,16H,1H3. The molecule has 2 aromatic rings. The molecule has 0 spiro atoms. The van der Waals surface area contributed by atoms with E-state index in [0.717, 1.165) is 5.56 Å². The molecule has 0 aromatic heterocycles. The van der Waals surface area contributed by atoms with Gasteiger partial charge in [-0.15, -0.1) is 0 Å². The summed E-state index contributed by atoms with van der Waals surface area (Å²) in [7, 11) is 0. The molecule has 0 amide bonds. The van der Waals surface area contributed by atoms with Gasteiger partial charge in [0, 0.05) is 12.5 Å². The maximum absolute atomic E-state index is 10.9. The minimum atomic E-state index is -0.362. The summed E-state index contributed by atoms with van der Waals surface area (Å²) in [5, 5.41) is 9.73. The molecule has 2 aromatic carbocycles. The Kier molecular flexibility index (Phi) is 3.10. The average Bonchev–Trinajstić information content (AvgIpc) is 2.29. The van der Waals surface area contributed by atoms with E-state index in [1.54, 1.807) is 30.3 Å². The smallest absolute Gasteiger partial charge is 0.308 e. The van der Waals surface area contributed by atoms with Crippen LogP contribution in [0.5, 0.6) is 11.5 Å². The zero-order chi connectivity index (χ0) is 12.3. The number of esters is 1. The third-order valence-electron chi connectivity index (χ3n) is 2.31. The SMILES string of the molecule is CC(=O)Oc1cccc(-c2ccccc2O)c1. The fraction of sp³-hybridized carbons (Fsp3) is 0.0714. The Bertz CT molecular complexity index is 547. The normalized spacial score (nSPS) is 9.94. The molecular weight excluding hydrogens is 216 g/mol. The number of phenolic OH excluding ortho intramolecular Hbond substituents is 1. The van der Waals surface area contributed by atoms with Crippen molar-refractivity contribution < 1.29 is 14.6 Å². The molecule has 0 aliphatic heterocycles. The van der Waals surface area contributed by atoms with E-state index in [-0.39, 0.29) is 11.7 Å². The van der Waals surface area contributed by atoms with E-state index in [2.05, 4.69) is 0 Å². The molecule has 3 heteroatoms. The highest BCUT2D eigenvalue weighted by Crippen LogP contribution is 2.30. The second kappa shape index (κ2) is 4.70. The molecule has 0 heterocycles. The summed E-state index contributed by atoms with van der Waals surface area (Å²) in [6, 6.07) is 14.1. The van der Waals surface area contributed by atoms with Gasteiger partial charge in [-0.25, -0.2) is 0 Å². The van der Waals surface area contributed by atoms with Gasteiger partial charge in [0.05, 0.1) is 0 Å². The summed E-state index contributed by atoms with van der Waals surface area (Å²) in [6.45, 7) is 1.35. The Morgan fingerprint density at radius 1 is 1.12 bits per heavy atom. The Balaban J connectivity index is 2.40. The van der Waals surface area contributed by atoms with Crippen LogP contribution in [0.3, 0.4) is 0 Å². The molecule has 0 fully saturated rings.